The van der Waals surface area contributed by atoms with Gasteiger partial charge in [0.05, 0.1) is 6.61 Å². The lowest BCUT2D eigenvalue weighted by Crippen LogP contribution is -2.55. The minimum atomic E-state index is -1.44. The van der Waals surface area contributed by atoms with E-state index >= 15 is 0 Å². The lowest BCUT2D eigenvalue weighted by Gasteiger charge is -2.40. The second kappa shape index (κ2) is 11.4. The van der Waals surface area contributed by atoms with Gasteiger partial charge in [-0.25, -0.2) is 0 Å². The van der Waals surface area contributed by atoms with Gasteiger partial charge < -0.3 is 30.3 Å². The summed E-state index contributed by atoms with van der Waals surface area (Å²) in [5, 5.41) is 51.4. The quantitative estimate of drug-likeness (QED) is 0.326. The van der Waals surface area contributed by atoms with Crippen molar-refractivity contribution in [2.75, 3.05) is 6.61 Å². The lowest BCUT2D eigenvalue weighted by atomic mass is 9.90. The van der Waals surface area contributed by atoms with Crippen molar-refractivity contribution >= 4 is 11.6 Å². The number of hydrogen-bond acceptors (Lipinski definition) is 6. The summed E-state index contributed by atoms with van der Waals surface area (Å²) < 4.78 is 5.68. The fourth-order valence-corrected chi connectivity index (χ4v) is 5.02. The zero-order chi connectivity index (χ0) is 25.0. The van der Waals surface area contributed by atoms with E-state index in [1.807, 2.05) is 30.3 Å². The maximum atomic E-state index is 10.7. The normalized spacial score (nSPS) is 28.6. The van der Waals surface area contributed by atoms with Crippen LogP contribution in [0.4, 0.5) is 0 Å². The molecule has 1 saturated heterocycles. The molecule has 1 saturated carbocycles. The van der Waals surface area contributed by atoms with Crippen LogP contribution in [0.25, 0.3) is 0 Å². The van der Waals surface area contributed by atoms with Crippen LogP contribution in [0.5, 0.6) is 0 Å². The second-order valence-electron chi connectivity index (χ2n) is 9.67. The third-order valence-electron chi connectivity index (χ3n) is 7.01. The SMILES string of the molecule is OCC1OC(c2ccc(Cl)c(Cc3ccc(C#CC4(O)CCCCCC4)cc3)c2)[C@H](O)[C@@H](O)[C@@H]1O. The topological polar surface area (TPSA) is 110 Å². The molecule has 0 amide bonds. The van der Waals surface area contributed by atoms with E-state index < -0.39 is 42.7 Å². The van der Waals surface area contributed by atoms with Crippen molar-refractivity contribution in [1.82, 2.24) is 0 Å². The highest BCUT2D eigenvalue weighted by atomic mass is 35.5. The van der Waals surface area contributed by atoms with Gasteiger partial charge in [0.1, 0.15) is 36.1 Å². The molecule has 6 nitrogen and oxygen atoms in total. The van der Waals surface area contributed by atoms with Crippen molar-refractivity contribution in [1.29, 1.82) is 0 Å². The molecule has 1 heterocycles. The van der Waals surface area contributed by atoms with Crippen LogP contribution in [0.1, 0.15) is 66.9 Å². The van der Waals surface area contributed by atoms with Crippen LogP contribution in [-0.4, -0.2) is 62.2 Å². The molecule has 2 unspecified atom stereocenters. The van der Waals surface area contributed by atoms with Gasteiger partial charge in [-0.15, -0.1) is 0 Å². The predicted molar refractivity (Wildman–Crippen MR) is 133 cm³/mol. The van der Waals surface area contributed by atoms with Crippen molar-refractivity contribution in [2.24, 2.45) is 0 Å². The summed E-state index contributed by atoms with van der Waals surface area (Å²) in [6.07, 6.45) is 0.235. The van der Waals surface area contributed by atoms with Crippen LogP contribution in [0.2, 0.25) is 5.02 Å². The Hall–Kier alpha value is -1.95. The first-order chi connectivity index (χ1) is 16.8. The van der Waals surface area contributed by atoms with Gasteiger partial charge in [0.15, 0.2) is 0 Å². The Morgan fingerprint density at radius 3 is 2.26 bits per heavy atom. The molecule has 1 aliphatic carbocycles. The molecule has 35 heavy (non-hydrogen) atoms. The maximum Gasteiger partial charge on any atom is 0.125 e. The largest absolute Gasteiger partial charge is 0.394 e. The smallest absolute Gasteiger partial charge is 0.125 e. The molecule has 0 radical (unpaired) electrons. The summed E-state index contributed by atoms with van der Waals surface area (Å²) >= 11 is 6.44. The van der Waals surface area contributed by atoms with Crippen molar-refractivity contribution in [3.63, 3.8) is 0 Å². The maximum absolute atomic E-state index is 10.7. The summed E-state index contributed by atoms with van der Waals surface area (Å²) in [5.41, 5.74) is 2.37. The fourth-order valence-electron chi connectivity index (χ4n) is 4.84. The fraction of sp³-hybridized carbons (Fsp3) is 0.500. The van der Waals surface area contributed by atoms with E-state index in [9.17, 15) is 25.5 Å². The van der Waals surface area contributed by atoms with E-state index in [2.05, 4.69) is 11.8 Å². The van der Waals surface area contributed by atoms with E-state index in [1.165, 1.54) is 0 Å². The van der Waals surface area contributed by atoms with Gasteiger partial charge in [-0.3, -0.25) is 0 Å². The van der Waals surface area contributed by atoms with Crippen molar-refractivity contribution in [2.45, 2.75) is 81.1 Å². The average molecular weight is 501 g/mol. The number of halogens is 1. The third kappa shape index (κ3) is 6.25. The Kier molecular flexibility index (Phi) is 8.51. The van der Waals surface area contributed by atoms with Crippen molar-refractivity contribution in [3.05, 3.63) is 69.7 Å². The van der Waals surface area contributed by atoms with E-state index in [0.29, 0.717) is 17.0 Å². The minimum Gasteiger partial charge on any atom is -0.394 e. The highest BCUT2D eigenvalue weighted by Gasteiger charge is 2.44. The van der Waals surface area contributed by atoms with Crippen molar-refractivity contribution < 1.29 is 30.3 Å². The number of benzene rings is 2. The Balaban J connectivity index is 1.48. The highest BCUT2D eigenvalue weighted by Crippen LogP contribution is 2.34. The molecule has 5 atom stereocenters. The zero-order valence-corrected chi connectivity index (χ0v) is 20.4. The molecule has 2 fully saturated rings. The molecule has 4 rings (SSSR count). The molecule has 7 heteroatoms. The van der Waals surface area contributed by atoms with Gasteiger partial charge >= 0.3 is 0 Å². The first-order valence-electron chi connectivity index (χ1n) is 12.2. The molecule has 2 aromatic rings. The van der Waals surface area contributed by atoms with Gasteiger partial charge in [-0.05, 0) is 67.0 Å². The third-order valence-corrected chi connectivity index (χ3v) is 7.38. The summed E-state index contributed by atoms with van der Waals surface area (Å²) in [7, 11) is 0. The second-order valence-corrected chi connectivity index (χ2v) is 10.1. The zero-order valence-electron chi connectivity index (χ0n) is 19.6. The van der Waals surface area contributed by atoms with Crippen LogP contribution in [0.15, 0.2) is 42.5 Å². The van der Waals surface area contributed by atoms with Gasteiger partial charge in [0.2, 0.25) is 0 Å². The van der Waals surface area contributed by atoms with Crippen LogP contribution in [-0.2, 0) is 11.2 Å². The van der Waals surface area contributed by atoms with E-state index in [1.54, 1.807) is 12.1 Å². The number of rotatable bonds is 4. The Labute approximate surface area is 211 Å². The summed E-state index contributed by atoms with van der Waals surface area (Å²) in [5.74, 6) is 6.21. The Bertz CT molecular complexity index is 1050. The lowest BCUT2D eigenvalue weighted by molar-refractivity contribution is -0.231. The molecular weight excluding hydrogens is 468 g/mol. The van der Waals surface area contributed by atoms with Crippen LogP contribution in [0.3, 0.4) is 0 Å². The summed E-state index contributed by atoms with van der Waals surface area (Å²) in [6.45, 7) is -0.478. The minimum absolute atomic E-state index is 0.478. The van der Waals surface area contributed by atoms with Crippen LogP contribution in [0, 0.1) is 11.8 Å². The van der Waals surface area contributed by atoms with Crippen LogP contribution < -0.4 is 0 Å². The average Bonchev–Trinajstić information content (AvgIpc) is 3.08. The first-order valence-corrected chi connectivity index (χ1v) is 12.6. The van der Waals surface area contributed by atoms with Gasteiger partial charge in [0.25, 0.3) is 0 Å². The predicted octanol–water partition coefficient (Wildman–Crippen LogP) is 2.88. The standard InChI is InChI=1S/C28H33ClO6/c29-22-10-9-20(27-26(33)25(32)24(31)23(17-30)35-27)16-21(22)15-19-7-5-18(6-8-19)11-14-28(34)12-3-1-2-4-13-28/h5-10,16,23-27,30-34H,1-4,12-13,15,17H2/t23?,24-,25+,26-,27?/m1/s1. The number of aliphatic hydroxyl groups is 5. The van der Waals surface area contributed by atoms with Gasteiger partial charge in [0, 0.05) is 10.6 Å². The van der Waals surface area contributed by atoms with Gasteiger partial charge in [-0.1, -0.05) is 60.5 Å². The summed E-state index contributed by atoms with van der Waals surface area (Å²) in [6, 6.07) is 13.0. The van der Waals surface area contributed by atoms with Crippen LogP contribution >= 0.6 is 11.6 Å². The van der Waals surface area contributed by atoms with E-state index in [0.717, 1.165) is 55.2 Å². The number of ether oxygens (including phenoxy) is 1. The molecule has 0 bridgehead atoms. The molecule has 188 valence electrons. The molecule has 0 spiro atoms. The van der Waals surface area contributed by atoms with E-state index in [4.69, 9.17) is 16.3 Å². The molecular formula is C28H33ClO6. The number of hydrogen-bond donors (Lipinski definition) is 5. The number of aliphatic hydroxyl groups excluding tert-OH is 4. The van der Waals surface area contributed by atoms with Crippen molar-refractivity contribution in [3.8, 4) is 11.8 Å². The van der Waals surface area contributed by atoms with E-state index in [-0.39, 0.29) is 0 Å². The Morgan fingerprint density at radius 1 is 0.914 bits per heavy atom. The molecule has 2 aromatic carbocycles. The Morgan fingerprint density at radius 2 is 1.60 bits per heavy atom. The first kappa shape index (κ1) is 26.1. The molecule has 1 aliphatic heterocycles. The molecule has 5 N–H and O–H groups in total. The monoisotopic (exact) mass is 500 g/mol. The molecule has 0 aromatic heterocycles. The molecule has 2 aliphatic rings. The van der Waals surface area contributed by atoms with Gasteiger partial charge in [-0.2, -0.15) is 0 Å². The highest BCUT2D eigenvalue weighted by molar-refractivity contribution is 6.31. The summed E-state index contributed by atoms with van der Waals surface area (Å²) in [4.78, 5) is 0.